The van der Waals surface area contributed by atoms with E-state index in [0.29, 0.717) is 23.7 Å². The number of hydrogen-bond acceptors (Lipinski definition) is 8. The number of rotatable bonds is 10. The summed E-state index contributed by atoms with van der Waals surface area (Å²) >= 11 is 0. The van der Waals surface area contributed by atoms with E-state index in [-0.39, 0.29) is 18.6 Å². The molecule has 3 N–H and O–H groups in total. The Morgan fingerprint density at radius 1 is 1.17 bits per heavy atom. The number of fused-ring (bicyclic) bond motifs is 1. The van der Waals surface area contributed by atoms with Gasteiger partial charge in [0.1, 0.15) is 24.5 Å². The van der Waals surface area contributed by atoms with Crippen LogP contribution in [0.5, 0.6) is 5.75 Å². The SMILES string of the molecule is Cc1ccc(NC(=O)c2cccc(C(C)(C)C#N)c2)cc1Nc1ncnc2cc(OCCN3CCCC3CO)ccc12. The van der Waals surface area contributed by atoms with Gasteiger partial charge in [-0.15, -0.1) is 0 Å². The molecule has 1 aliphatic rings. The van der Waals surface area contributed by atoms with Gasteiger partial charge in [0.2, 0.25) is 0 Å². The van der Waals surface area contributed by atoms with Crippen molar-refractivity contribution in [3.63, 3.8) is 0 Å². The smallest absolute Gasteiger partial charge is 0.255 e. The molecule has 9 heteroatoms. The molecule has 1 fully saturated rings. The highest BCUT2D eigenvalue weighted by Gasteiger charge is 2.23. The molecule has 4 aromatic rings. The van der Waals surface area contributed by atoms with Gasteiger partial charge in [0.15, 0.2) is 0 Å². The molecule has 216 valence electrons. The summed E-state index contributed by atoms with van der Waals surface area (Å²) in [5.74, 6) is 1.12. The number of carbonyl (C=O) groups excluding carboxylic acids is 1. The van der Waals surface area contributed by atoms with Crippen molar-refractivity contribution in [2.45, 2.75) is 45.1 Å². The van der Waals surface area contributed by atoms with Crippen LogP contribution in [0, 0.1) is 18.3 Å². The van der Waals surface area contributed by atoms with Crippen LogP contribution in [0.1, 0.15) is 48.2 Å². The number of nitrogens with zero attached hydrogens (tertiary/aromatic N) is 4. The first-order chi connectivity index (χ1) is 20.3. The lowest BCUT2D eigenvalue weighted by molar-refractivity contribution is 0.102. The van der Waals surface area contributed by atoms with Crippen molar-refractivity contribution in [3.8, 4) is 11.8 Å². The predicted molar refractivity (Wildman–Crippen MR) is 164 cm³/mol. The second kappa shape index (κ2) is 12.6. The molecule has 0 aliphatic carbocycles. The van der Waals surface area contributed by atoms with Gasteiger partial charge in [-0.05, 0) is 87.7 Å². The molecule has 1 saturated heterocycles. The fraction of sp³-hybridized carbons (Fsp3) is 0.333. The van der Waals surface area contributed by atoms with Gasteiger partial charge in [0.25, 0.3) is 5.91 Å². The topological polar surface area (TPSA) is 123 Å². The molecule has 2 heterocycles. The van der Waals surface area contributed by atoms with Gasteiger partial charge < -0.3 is 20.5 Å². The molecule has 1 aliphatic heterocycles. The number of aliphatic hydroxyl groups is 1. The lowest BCUT2D eigenvalue weighted by Crippen LogP contribution is -2.35. The number of benzene rings is 3. The van der Waals surface area contributed by atoms with Crippen LogP contribution in [-0.4, -0.2) is 58.2 Å². The maximum Gasteiger partial charge on any atom is 0.255 e. The number of amides is 1. The van der Waals surface area contributed by atoms with Gasteiger partial charge >= 0.3 is 0 Å². The molecule has 1 amide bonds. The molecule has 3 aromatic carbocycles. The summed E-state index contributed by atoms with van der Waals surface area (Å²) in [5.41, 5.74) is 3.75. The van der Waals surface area contributed by atoms with Crippen LogP contribution in [0.15, 0.2) is 67.0 Å². The summed E-state index contributed by atoms with van der Waals surface area (Å²) in [5, 5.41) is 26.2. The molecule has 0 saturated carbocycles. The van der Waals surface area contributed by atoms with E-state index in [1.54, 1.807) is 18.2 Å². The van der Waals surface area contributed by atoms with Crippen molar-refractivity contribution >= 4 is 34.0 Å². The molecule has 0 radical (unpaired) electrons. The largest absolute Gasteiger partial charge is 0.492 e. The third-order valence-corrected chi connectivity index (χ3v) is 7.84. The number of likely N-dealkylation sites (tertiary alicyclic amines) is 1. The fourth-order valence-electron chi connectivity index (χ4n) is 5.18. The predicted octanol–water partition coefficient (Wildman–Crippen LogP) is 5.57. The summed E-state index contributed by atoms with van der Waals surface area (Å²) in [4.78, 5) is 24.3. The Labute approximate surface area is 246 Å². The van der Waals surface area contributed by atoms with Crippen LogP contribution in [0.25, 0.3) is 10.9 Å². The molecule has 9 nitrogen and oxygen atoms in total. The van der Waals surface area contributed by atoms with Crippen LogP contribution in [0.3, 0.4) is 0 Å². The van der Waals surface area contributed by atoms with Gasteiger partial charge in [-0.25, -0.2) is 9.97 Å². The van der Waals surface area contributed by atoms with Gasteiger partial charge in [-0.2, -0.15) is 5.26 Å². The Kier molecular flexibility index (Phi) is 8.67. The fourth-order valence-corrected chi connectivity index (χ4v) is 5.18. The Bertz CT molecular complexity index is 1630. The van der Waals surface area contributed by atoms with Gasteiger partial charge in [0, 0.05) is 41.0 Å². The number of aromatic nitrogens is 2. The lowest BCUT2D eigenvalue weighted by atomic mass is 9.85. The number of ether oxygens (including phenoxy) is 1. The van der Waals surface area contributed by atoms with E-state index in [9.17, 15) is 15.2 Å². The van der Waals surface area contributed by atoms with Crippen molar-refractivity contribution in [1.29, 1.82) is 5.26 Å². The minimum Gasteiger partial charge on any atom is -0.492 e. The van der Waals surface area contributed by atoms with Crippen molar-refractivity contribution < 1.29 is 14.6 Å². The lowest BCUT2D eigenvalue weighted by Gasteiger charge is -2.22. The molecule has 0 spiro atoms. The third-order valence-electron chi connectivity index (χ3n) is 7.84. The van der Waals surface area contributed by atoms with E-state index < -0.39 is 5.41 Å². The van der Waals surface area contributed by atoms with E-state index in [4.69, 9.17) is 4.74 Å². The zero-order valence-electron chi connectivity index (χ0n) is 24.2. The monoisotopic (exact) mass is 564 g/mol. The normalized spacial score (nSPS) is 15.4. The summed E-state index contributed by atoms with van der Waals surface area (Å²) < 4.78 is 6.01. The number of carbonyl (C=O) groups is 1. The molecule has 1 aromatic heterocycles. The van der Waals surface area contributed by atoms with Crippen molar-refractivity contribution in [2.75, 3.05) is 36.9 Å². The van der Waals surface area contributed by atoms with E-state index in [1.807, 2.05) is 63.2 Å². The highest BCUT2D eigenvalue weighted by Crippen LogP contribution is 2.30. The quantitative estimate of drug-likeness (QED) is 0.228. The van der Waals surface area contributed by atoms with Crippen LogP contribution in [0.4, 0.5) is 17.2 Å². The van der Waals surface area contributed by atoms with E-state index in [2.05, 4.69) is 31.6 Å². The summed E-state index contributed by atoms with van der Waals surface area (Å²) in [6.07, 6.45) is 3.66. The summed E-state index contributed by atoms with van der Waals surface area (Å²) in [6, 6.07) is 21.1. The Morgan fingerprint density at radius 3 is 2.83 bits per heavy atom. The number of hydrogen-bond donors (Lipinski definition) is 3. The minimum atomic E-state index is -0.692. The van der Waals surface area contributed by atoms with Gasteiger partial charge in [-0.3, -0.25) is 9.69 Å². The van der Waals surface area contributed by atoms with E-state index in [0.717, 1.165) is 59.4 Å². The average molecular weight is 565 g/mol. The van der Waals surface area contributed by atoms with Crippen LogP contribution >= 0.6 is 0 Å². The number of nitriles is 1. The zero-order chi connectivity index (χ0) is 29.7. The third kappa shape index (κ3) is 6.51. The van der Waals surface area contributed by atoms with E-state index >= 15 is 0 Å². The molecule has 1 unspecified atom stereocenters. The number of aryl methyl sites for hydroxylation is 1. The number of aliphatic hydroxyl groups excluding tert-OH is 1. The number of anilines is 3. The van der Waals surface area contributed by atoms with E-state index in [1.165, 1.54) is 6.33 Å². The standard InChI is InChI=1S/C33H36N6O3/c1-22-9-10-25(37-32(41)23-6-4-7-24(16-23)33(2,3)20-34)17-29(22)38-31-28-12-11-27(18-30(28)35-21-36-31)42-15-14-39-13-5-8-26(39)19-40/h4,6-7,9-12,16-18,21,26,40H,5,8,13-15,19H2,1-3H3,(H,37,41)(H,35,36,38). The Balaban J connectivity index is 1.28. The minimum absolute atomic E-state index is 0.188. The number of nitrogens with one attached hydrogen (secondary N) is 2. The molecular weight excluding hydrogens is 528 g/mol. The van der Waals surface area contributed by atoms with Crippen molar-refractivity contribution in [2.24, 2.45) is 0 Å². The Hall–Kier alpha value is -4.52. The molecular formula is C33H36N6O3. The van der Waals surface area contributed by atoms with Crippen molar-refractivity contribution in [3.05, 3.63) is 83.7 Å². The second-order valence-corrected chi connectivity index (χ2v) is 11.2. The van der Waals surface area contributed by atoms with Crippen molar-refractivity contribution in [1.82, 2.24) is 14.9 Å². The zero-order valence-corrected chi connectivity index (χ0v) is 24.2. The first-order valence-electron chi connectivity index (χ1n) is 14.2. The maximum atomic E-state index is 13.1. The summed E-state index contributed by atoms with van der Waals surface area (Å²) in [6.45, 7) is 8.13. The molecule has 0 bridgehead atoms. The highest BCUT2D eigenvalue weighted by atomic mass is 16.5. The first-order valence-corrected chi connectivity index (χ1v) is 14.2. The van der Waals surface area contributed by atoms with Crippen LogP contribution in [0.2, 0.25) is 0 Å². The summed E-state index contributed by atoms with van der Waals surface area (Å²) in [7, 11) is 0. The average Bonchev–Trinajstić information content (AvgIpc) is 3.46. The first kappa shape index (κ1) is 29.0. The van der Waals surface area contributed by atoms with Gasteiger partial charge in [-0.1, -0.05) is 18.2 Å². The Morgan fingerprint density at radius 2 is 2.02 bits per heavy atom. The van der Waals surface area contributed by atoms with Crippen LogP contribution in [-0.2, 0) is 5.41 Å². The van der Waals surface area contributed by atoms with Crippen LogP contribution < -0.4 is 15.4 Å². The highest BCUT2D eigenvalue weighted by molar-refractivity contribution is 6.04. The molecule has 5 rings (SSSR count). The van der Waals surface area contributed by atoms with Gasteiger partial charge in [0.05, 0.1) is 23.6 Å². The second-order valence-electron chi connectivity index (χ2n) is 11.2. The molecule has 1 atom stereocenters. The molecule has 42 heavy (non-hydrogen) atoms. The maximum absolute atomic E-state index is 13.1.